The molecule has 1 saturated carbocycles. The lowest BCUT2D eigenvalue weighted by Crippen LogP contribution is -2.27. The van der Waals surface area contributed by atoms with Gasteiger partial charge in [-0.3, -0.25) is 4.79 Å². The monoisotopic (exact) mass is 384 g/mol. The van der Waals surface area contributed by atoms with Gasteiger partial charge >= 0.3 is 0 Å². The molecule has 4 rings (SSSR count). The Morgan fingerprint density at radius 3 is 2.63 bits per heavy atom. The van der Waals surface area contributed by atoms with Crippen LogP contribution in [0.15, 0.2) is 59.8 Å². The summed E-state index contributed by atoms with van der Waals surface area (Å²) in [6.45, 7) is 0.450. The van der Waals surface area contributed by atoms with Gasteiger partial charge in [0.05, 0.1) is 10.6 Å². The molecule has 0 atom stereocenters. The fraction of sp³-hybridized carbons (Fsp3) is 0.263. The number of nitrogens with one attached hydrogen (secondary N) is 2. The van der Waals surface area contributed by atoms with E-state index in [0.29, 0.717) is 18.5 Å². The number of benzene rings is 1. The van der Waals surface area contributed by atoms with E-state index < -0.39 is 10.0 Å². The number of carbonyl (C=O) groups excluding carboxylic acids is 1. The van der Waals surface area contributed by atoms with E-state index in [1.165, 1.54) is 24.3 Å². The maximum atomic E-state index is 12.3. The van der Waals surface area contributed by atoms with Crippen LogP contribution >= 0.6 is 0 Å². The topological polar surface area (TPSA) is 92.6 Å². The molecule has 0 saturated heterocycles. The Bertz CT molecular complexity index is 1040. The number of hydrogen-bond donors (Lipinski definition) is 2. The second-order valence-electron chi connectivity index (χ2n) is 6.62. The Balaban J connectivity index is 1.33. The summed E-state index contributed by atoms with van der Waals surface area (Å²) >= 11 is 0. The molecule has 2 aromatic heterocycles. The van der Waals surface area contributed by atoms with Crippen LogP contribution in [0.25, 0.3) is 5.65 Å². The van der Waals surface area contributed by atoms with E-state index >= 15 is 0 Å². The Morgan fingerprint density at radius 1 is 1.15 bits per heavy atom. The number of nitrogens with zero attached hydrogens (tertiary/aromatic N) is 2. The average Bonchev–Trinajstić information content (AvgIpc) is 3.36. The number of aromatic nitrogens is 2. The van der Waals surface area contributed by atoms with Crippen LogP contribution in [0, 0.1) is 0 Å². The summed E-state index contributed by atoms with van der Waals surface area (Å²) < 4.78 is 28.8. The van der Waals surface area contributed by atoms with Gasteiger partial charge in [0.15, 0.2) is 0 Å². The Labute approximate surface area is 157 Å². The largest absolute Gasteiger partial charge is 0.352 e. The van der Waals surface area contributed by atoms with Gasteiger partial charge in [-0.1, -0.05) is 6.07 Å². The van der Waals surface area contributed by atoms with Gasteiger partial charge in [-0.15, -0.1) is 0 Å². The molecule has 0 radical (unpaired) electrons. The lowest BCUT2D eigenvalue weighted by Gasteiger charge is -2.07. The van der Waals surface area contributed by atoms with Gasteiger partial charge < -0.3 is 9.72 Å². The number of hydrogen-bond acceptors (Lipinski definition) is 4. The van der Waals surface area contributed by atoms with Gasteiger partial charge in [-0.05, 0) is 49.2 Å². The minimum absolute atomic E-state index is 0.0533. The van der Waals surface area contributed by atoms with Gasteiger partial charge in [0.1, 0.15) is 5.65 Å². The molecule has 140 valence electrons. The molecule has 7 nitrogen and oxygen atoms in total. The van der Waals surface area contributed by atoms with Crippen LogP contribution < -0.4 is 10.0 Å². The molecular formula is C19H20N4O3S. The molecule has 0 bridgehead atoms. The molecule has 0 unspecified atom stereocenters. The molecule has 1 aliphatic carbocycles. The first-order valence-corrected chi connectivity index (χ1v) is 10.3. The summed E-state index contributed by atoms with van der Waals surface area (Å²) in [6, 6.07) is 11.8. The zero-order valence-electron chi connectivity index (χ0n) is 14.6. The Kier molecular flexibility index (Phi) is 4.67. The summed E-state index contributed by atoms with van der Waals surface area (Å²) in [7, 11) is -3.50. The number of sulfonamides is 1. The SMILES string of the molecule is O=C(NCCc1cn2ccccc2n1)c1ccc(S(=O)(=O)NC2CC2)cc1. The molecule has 1 amide bonds. The molecule has 8 heteroatoms. The summed E-state index contributed by atoms with van der Waals surface area (Å²) in [5.74, 6) is -0.238. The second kappa shape index (κ2) is 7.13. The Morgan fingerprint density at radius 2 is 1.93 bits per heavy atom. The van der Waals surface area contributed by atoms with Crippen molar-refractivity contribution >= 4 is 21.6 Å². The lowest BCUT2D eigenvalue weighted by molar-refractivity contribution is 0.0954. The first kappa shape index (κ1) is 17.7. The van der Waals surface area contributed by atoms with Gasteiger partial charge in [0.25, 0.3) is 5.91 Å². The van der Waals surface area contributed by atoms with E-state index in [0.717, 1.165) is 24.2 Å². The van der Waals surface area contributed by atoms with E-state index in [1.54, 1.807) is 0 Å². The second-order valence-corrected chi connectivity index (χ2v) is 8.34. The predicted octanol–water partition coefficient (Wildman–Crippen LogP) is 1.75. The van der Waals surface area contributed by atoms with Gasteiger partial charge in [0.2, 0.25) is 10.0 Å². The third-order valence-electron chi connectivity index (χ3n) is 4.41. The van der Waals surface area contributed by atoms with Crippen molar-refractivity contribution in [2.24, 2.45) is 0 Å². The van der Waals surface area contributed by atoms with Crippen LogP contribution in [-0.2, 0) is 16.4 Å². The van der Waals surface area contributed by atoms with Crippen molar-refractivity contribution in [3.63, 3.8) is 0 Å². The summed E-state index contributed by atoms with van der Waals surface area (Å²) in [5.41, 5.74) is 2.19. The third-order valence-corrected chi connectivity index (χ3v) is 5.94. The summed E-state index contributed by atoms with van der Waals surface area (Å²) in [6.07, 6.45) is 6.25. The third kappa shape index (κ3) is 4.17. The maximum Gasteiger partial charge on any atom is 0.251 e. The molecular weight excluding hydrogens is 364 g/mol. The standard InChI is InChI=1S/C19H20N4O3S/c24-19(20-11-10-16-13-23-12-2-1-3-18(23)21-16)14-4-8-17(9-5-14)27(25,26)22-15-6-7-15/h1-5,8-9,12-13,15,22H,6-7,10-11H2,(H,20,24). The quantitative estimate of drug-likeness (QED) is 0.649. The molecule has 2 heterocycles. The molecule has 0 aliphatic heterocycles. The van der Waals surface area contributed by atoms with Crippen LogP contribution in [0.5, 0.6) is 0 Å². The summed E-state index contributed by atoms with van der Waals surface area (Å²) in [4.78, 5) is 16.9. The first-order chi connectivity index (χ1) is 13.0. The van der Waals surface area contributed by atoms with E-state index in [9.17, 15) is 13.2 Å². The number of carbonyl (C=O) groups is 1. The van der Waals surface area contributed by atoms with Crippen molar-refractivity contribution in [1.29, 1.82) is 0 Å². The predicted molar refractivity (Wildman–Crippen MR) is 101 cm³/mol. The number of imidazole rings is 1. The molecule has 1 aliphatic rings. The van der Waals surface area contributed by atoms with E-state index in [2.05, 4.69) is 15.0 Å². The summed E-state index contributed by atoms with van der Waals surface area (Å²) in [5, 5.41) is 2.84. The molecule has 0 spiro atoms. The fourth-order valence-corrected chi connectivity index (χ4v) is 4.09. The van der Waals surface area contributed by atoms with Gasteiger partial charge in [-0.25, -0.2) is 18.1 Å². The van der Waals surface area contributed by atoms with Crippen molar-refractivity contribution in [1.82, 2.24) is 19.4 Å². The highest BCUT2D eigenvalue weighted by atomic mass is 32.2. The number of pyridine rings is 1. The van der Waals surface area contributed by atoms with Crippen LogP contribution in [0.1, 0.15) is 28.9 Å². The number of amides is 1. The highest BCUT2D eigenvalue weighted by molar-refractivity contribution is 7.89. The van der Waals surface area contributed by atoms with Gasteiger partial charge in [0, 0.05) is 37.0 Å². The molecule has 3 aromatic rings. The zero-order chi connectivity index (χ0) is 18.9. The van der Waals surface area contributed by atoms with Crippen molar-refractivity contribution in [3.05, 3.63) is 66.1 Å². The van der Waals surface area contributed by atoms with Crippen LogP contribution in [0.4, 0.5) is 0 Å². The molecule has 27 heavy (non-hydrogen) atoms. The van der Waals surface area contributed by atoms with Gasteiger partial charge in [-0.2, -0.15) is 0 Å². The lowest BCUT2D eigenvalue weighted by atomic mass is 10.2. The van der Waals surface area contributed by atoms with E-state index in [1.807, 2.05) is 35.0 Å². The van der Waals surface area contributed by atoms with Crippen LogP contribution in [-0.4, -0.2) is 36.3 Å². The van der Waals surface area contributed by atoms with Crippen LogP contribution in [0.3, 0.4) is 0 Å². The first-order valence-electron chi connectivity index (χ1n) is 8.84. The Hall–Kier alpha value is -2.71. The highest BCUT2D eigenvalue weighted by Crippen LogP contribution is 2.22. The number of fused-ring (bicyclic) bond motifs is 1. The van der Waals surface area contributed by atoms with E-state index in [4.69, 9.17) is 0 Å². The number of rotatable bonds is 7. The zero-order valence-corrected chi connectivity index (χ0v) is 15.4. The smallest absolute Gasteiger partial charge is 0.251 e. The van der Waals surface area contributed by atoms with Crippen molar-refractivity contribution in [2.75, 3.05) is 6.54 Å². The normalized spacial score (nSPS) is 14.4. The van der Waals surface area contributed by atoms with Crippen molar-refractivity contribution in [2.45, 2.75) is 30.2 Å². The molecule has 2 N–H and O–H groups in total. The minimum Gasteiger partial charge on any atom is -0.352 e. The van der Waals surface area contributed by atoms with Crippen molar-refractivity contribution < 1.29 is 13.2 Å². The highest BCUT2D eigenvalue weighted by Gasteiger charge is 2.27. The molecule has 1 fully saturated rings. The fourth-order valence-electron chi connectivity index (χ4n) is 2.79. The van der Waals surface area contributed by atoms with Crippen molar-refractivity contribution in [3.8, 4) is 0 Å². The molecule has 1 aromatic carbocycles. The average molecular weight is 384 g/mol. The minimum atomic E-state index is -3.50. The van der Waals surface area contributed by atoms with E-state index in [-0.39, 0.29) is 16.8 Å². The maximum absolute atomic E-state index is 12.3. The van der Waals surface area contributed by atoms with Crippen LogP contribution in [0.2, 0.25) is 0 Å².